The molecule has 0 unspecified atom stereocenters. The minimum Gasteiger partial charge on any atom is -0.445 e. The van der Waals surface area contributed by atoms with E-state index < -0.39 is 0 Å². The number of likely N-dealkylation sites (tertiary alicyclic amines) is 2. The molecular weight excluding hydrogens is 588 g/mol. The summed E-state index contributed by atoms with van der Waals surface area (Å²) < 4.78 is 10.6. The van der Waals surface area contributed by atoms with E-state index in [1.54, 1.807) is 16.7 Å². The smallest absolute Gasteiger partial charge is 0.410 e. The monoisotopic (exact) mass is 628 g/mol. The lowest BCUT2D eigenvalue weighted by Gasteiger charge is -2.16. The number of benzene rings is 2. The van der Waals surface area contributed by atoms with Crippen LogP contribution in [0.5, 0.6) is 0 Å². The molecule has 8 nitrogen and oxygen atoms in total. The van der Waals surface area contributed by atoms with E-state index in [0.29, 0.717) is 31.5 Å². The van der Waals surface area contributed by atoms with Gasteiger partial charge >= 0.3 is 12.2 Å². The third-order valence-electron chi connectivity index (χ3n) is 7.92. The first kappa shape index (κ1) is 32.3. The van der Waals surface area contributed by atoms with E-state index in [0.717, 1.165) is 24.0 Å². The van der Waals surface area contributed by atoms with Gasteiger partial charge in [-0.05, 0) is 29.9 Å². The lowest BCUT2D eigenvalue weighted by molar-refractivity contribution is -0.122. The molecule has 2 aliphatic heterocycles. The molecule has 2 saturated heterocycles. The second kappa shape index (κ2) is 16.3. The summed E-state index contributed by atoms with van der Waals surface area (Å²) >= 11 is 3.22. The van der Waals surface area contributed by atoms with Crippen LogP contribution >= 0.6 is 15.9 Å². The van der Waals surface area contributed by atoms with Gasteiger partial charge in [0.25, 0.3) is 0 Å². The van der Waals surface area contributed by atoms with Gasteiger partial charge in [0.2, 0.25) is 0 Å². The summed E-state index contributed by atoms with van der Waals surface area (Å²) in [6, 6.07) is 19.2. The fraction of sp³-hybridized carbons (Fsp3) is 0.500. The summed E-state index contributed by atoms with van der Waals surface area (Å²) in [5, 5.41) is 0.348. The summed E-state index contributed by atoms with van der Waals surface area (Å²) in [5.74, 6) is 0.717. The van der Waals surface area contributed by atoms with E-state index in [1.807, 2.05) is 60.7 Å². The zero-order valence-electron chi connectivity index (χ0n) is 24.2. The molecule has 0 N–H and O–H groups in total. The van der Waals surface area contributed by atoms with E-state index in [4.69, 9.17) is 9.47 Å². The first-order chi connectivity index (χ1) is 19.8. The van der Waals surface area contributed by atoms with Crippen LogP contribution < -0.4 is 0 Å². The molecule has 0 aliphatic carbocycles. The van der Waals surface area contributed by atoms with Crippen LogP contribution in [0.25, 0.3) is 0 Å². The Kier molecular flexibility index (Phi) is 12.8. The first-order valence-corrected chi connectivity index (χ1v) is 15.4. The van der Waals surface area contributed by atoms with Crippen LogP contribution in [-0.4, -0.2) is 65.1 Å². The molecule has 2 aliphatic rings. The van der Waals surface area contributed by atoms with Crippen molar-refractivity contribution in [1.29, 1.82) is 0 Å². The quantitative estimate of drug-likeness (QED) is 0.311. The average Bonchev–Trinajstić information content (AvgIpc) is 3.65. The molecule has 0 radical (unpaired) electrons. The highest BCUT2D eigenvalue weighted by Crippen LogP contribution is 2.29. The second-order valence-corrected chi connectivity index (χ2v) is 11.2. The fourth-order valence-corrected chi connectivity index (χ4v) is 5.83. The minimum absolute atomic E-state index is 0.0377. The van der Waals surface area contributed by atoms with Crippen molar-refractivity contribution in [1.82, 2.24) is 9.80 Å². The predicted molar refractivity (Wildman–Crippen MR) is 160 cm³/mol. The molecule has 0 saturated carbocycles. The van der Waals surface area contributed by atoms with Gasteiger partial charge in [0.15, 0.2) is 0 Å². The van der Waals surface area contributed by atoms with Crippen molar-refractivity contribution < 1.29 is 28.7 Å². The number of Topliss-reactive ketones (excluding diaryl/α,β-unsaturated/α-hetero) is 2. The Morgan fingerprint density at radius 3 is 1.49 bits per heavy atom. The summed E-state index contributed by atoms with van der Waals surface area (Å²) in [6.07, 6.45) is 1.15. The lowest BCUT2D eigenvalue weighted by Crippen LogP contribution is -2.30. The molecule has 2 heterocycles. The number of ketones is 2. The summed E-state index contributed by atoms with van der Waals surface area (Å²) in [7, 11) is 0. The summed E-state index contributed by atoms with van der Waals surface area (Å²) in [5.41, 5.74) is 1.93. The number of hydrogen-bond donors (Lipinski definition) is 0. The Labute approximate surface area is 251 Å². The Morgan fingerprint density at radius 1 is 0.707 bits per heavy atom. The Bertz CT molecular complexity index is 1150. The number of amides is 2. The molecule has 2 aromatic carbocycles. The first-order valence-electron chi connectivity index (χ1n) is 14.3. The molecule has 2 fully saturated rings. The molecule has 4 atom stereocenters. The number of halogens is 1. The third kappa shape index (κ3) is 9.42. The predicted octanol–water partition coefficient (Wildman–Crippen LogP) is 6.12. The van der Waals surface area contributed by atoms with Crippen LogP contribution in [0.1, 0.15) is 44.7 Å². The van der Waals surface area contributed by atoms with E-state index in [9.17, 15) is 19.2 Å². The van der Waals surface area contributed by atoms with Crippen molar-refractivity contribution in [3.05, 3.63) is 71.8 Å². The number of nitrogens with zero attached hydrogens (tertiary/aromatic N) is 2. The van der Waals surface area contributed by atoms with Gasteiger partial charge in [-0.2, -0.15) is 0 Å². The highest BCUT2D eigenvalue weighted by molar-refractivity contribution is 9.09. The maximum Gasteiger partial charge on any atom is 0.410 e. The van der Waals surface area contributed by atoms with Crippen molar-refractivity contribution in [3.8, 4) is 0 Å². The van der Waals surface area contributed by atoms with Crippen LogP contribution in [-0.2, 0) is 32.3 Å². The molecule has 41 heavy (non-hydrogen) atoms. The number of carbonyl (C=O) groups excluding carboxylic acids is 4. The molecule has 2 amide bonds. The lowest BCUT2D eigenvalue weighted by atomic mass is 9.91. The van der Waals surface area contributed by atoms with Crippen LogP contribution in [0.2, 0.25) is 0 Å². The SMILES string of the molecule is CC[C@@H]1CN(C(=O)OCc2ccccc2)C[C@@H]1C(=O)CBr.CC[C@@H]1CN(C(=O)OCc2ccccc2)C[C@@H]1C(C)=O. The van der Waals surface area contributed by atoms with Gasteiger partial charge in [0, 0.05) is 38.0 Å². The van der Waals surface area contributed by atoms with Crippen LogP contribution in [0.4, 0.5) is 9.59 Å². The Hall–Kier alpha value is -3.20. The van der Waals surface area contributed by atoms with Crippen molar-refractivity contribution in [2.75, 3.05) is 31.5 Å². The van der Waals surface area contributed by atoms with Crippen LogP contribution in [0.3, 0.4) is 0 Å². The average molecular weight is 630 g/mol. The summed E-state index contributed by atoms with van der Waals surface area (Å²) in [4.78, 5) is 51.0. The highest BCUT2D eigenvalue weighted by atomic mass is 79.9. The zero-order valence-corrected chi connectivity index (χ0v) is 25.8. The maximum atomic E-state index is 12.1. The van der Waals surface area contributed by atoms with Crippen molar-refractivity contribution in [3.63, 3.8) is 0 Å². The van der Waals surface area contributed by atoms with Crippen LogP contribution in [0.15, 0.2) is 60.7 Å². The Balaban J connectivity index is 0.000000226. The molecule has 222 valence electrons. The van der Waals surface area contributed by atoms with Crippen molar-refractivity contribution in [2.24, 2.45) is 23.7 Å². The zero-order chi connectivity index (χ0) is 29.8. The van der Waals surface area contributed by atoms with Gasteiger partial charge in [0.05, 0.1) is 5.33 Å². The number of hydrogen-bond acceptors (Lipinski definition) is 6. The molecule has 0 spiro atoms. The molecule has 2 aromatic rings. The van der Waals surface area contributed by atoms with Crippen molar-refractivity contribution in [2.45, 2.75) is 46.8 Å². The number of carbonyl (C=O) groups is 4. The molecule has 0 aromatic heterocycles. The molecule has 4 rings (SSSR count). The number of alkyl halides is 1. The maximum absolute atomic E-state index is 12.1. The number of rotatable bonds is 9. The fourth-order valence-electron chi connectivity index (χ4n) is 5.41. The molecule has 0 bridgehead atoms. The van der Waals surface area contributed by atoms with Gasteiger partial charge < -0.3 is 19.3 Å². The van der Waals surface area contributed by atoms with Gasteiger partial charge in [-0.25, -0.2) is 9.59 Å². The van der Waals surface area contributed by atoms with Crippen molar-refractivity contribution >= 4 is 39.7 Å². The topological polar surface area (TPSA) is 93.2 Å². The Morgan fingerprint density at radius 2 is 1.12 bits per heavy atom. The van der Waals surface area contributed by atoms with Crippen LogP contribution in [0, 0.1) is 23.7 Å². The standard InChI is InChI=1S/C16H20BrNO3.C16H21NO3/c1-2-13-9-18(10-14(13)15(19)8-17)16(20)21-11-12-6-4-3-5-7-12;1-3-14-9-17(10-15(14)12(2)18)16(19)20-11-13-7-5-4-6-8-13/h3-7,13-14H,2,8-11H2,1H3;4-8,14-15H,3,9-11H2,1-2H3/t13-,14+;14-,15-/m11/s1. The molecule has 9 heteroatoms. The third-order valence-corrected chi connectivity index (χ3v) is 8.48. The van der Waals surface area contributed by atoms with Gasteiger partial charge in [-0.1, -0.05) is 103 Å². The van der Waals surface area contributed by atoms with Gasteiger partial charge in [-0.3, -0.25) is 9.59 Å². The second-order valence-electron chi connectivity index (χ2n) is 10.7. The molecular formula is C32H41BrN2O6. The normalized spacial score (nSPS) is 21.6. The minimum atomic E-state index is -0.331. The van der Waals surface area contributed by atoms with E-state index in [1.165, 1.54) is 0 Å². The highest BCUT2D eigenvalue weighted by Gasteiger charge is 2.39. The van der Waals surface area contributed by atoms with Gasteiger partial charge in [0.1, 0.15) is 24.8 Å². The van der Waals surface area contributed by atoms with E-state index in [-0.39, 0.29) is 60.6 Å². The largest absolute Gasteiger partial charge is 0.445 e. The van der Waals surface area contributed by atoms with Gasteiger partial charge in [-0.15, -0.1) is 0 Å². The number of ether oxygens (including phenoxy) is 2. The van der Waals surface area contributed by atoms with E-state index in [2.05, 4.69) is 29.8 Å². The van der Waals surface area contributed by atoms with E-state index >= 15 is 0 Å². The summed E-state index contributed by atoms with van der Waals surface area (Å²) in [6.45, 7) is 8.44.